The number of hydrogen-bond acceptors (Lipinski definition) is 8. The van der Waals surface area contributed by atoms with Gasteiger partial charge in [0.25, 0.3) is 0 Å². The van der Waals surface area contributed by atoms with E-state index in [1.165, 1.54) is 16.8 Å². The average Bonchev–Trinajstić information content (AvgIpc) is 2.66. The molecule has 1 aliphatic rings. The van der Waals surface area contributed by atoms with Crippen molar-refractivity contribution in [2.75, 3.05) is 18.7 Å². The van der Waals surface area contributed by atoms with Crippen LogP contribution in [0.15, 0.2) is 47.4 Å². The van der Waals surface area contributed by atoms with Gasteiger partial charge in [-0.15, -0.1) is 0 Å². The zero-order chi connectivity index (χ0) is 20.1. The van der Waals surface area contributed by atoms with Crippen molar-refractivity contribution in [3.63, 3.8) is 0 Å². The number of carboxylic acids is 1. The fourth-order valence-corrected chi connectivity index (χ4v) is 4.81. The van der Waals surface area contributed by atoms with Gasteiger partial charge >= 0.3 is 161 Å². The van der Waals surface area contributed by atoms with Crippen molar-refractivity contribution in [3.05, 3.63) is 58.6 Å². The normalized spacial score (nSPS) is 21.0. The molecule has 0 saturated carbocycles. The Kier molecular flexibility index (Phi) is 6.38. The first-order chi connectivity index (χ1) is 13.3. The van der Waals surface area contributed by atoms with Gasteiger partial charge in [-0.05, 0) is 0 Å². The van der Waals surface area contributed by atoms with Crippen molar-refractivity contribution < 1.29 is 24.1 Å². The molecule has 0 unspecified atom stereocenters. The van der Waals surface area contributed by atoms with Crippen molar-refractivity contribution in [2.45, 2.75) is 25.1 Å². The van der Waals surface area contributed by atoms with Crippen LogP contribution < -0.4 is 16.5 Å². The summed E-state index contributed by atoms with van der Waals surface area (Å²) in [5.74, 6) is -0.957. The Morgan fingerprint density at radius 2 is 2.14 bits per heavy atom. The van der Waals surface area contributed by atoms with Gasteiger partial charge in [0.2, 0.25) is 0 Å². The third-order valence-corrected chi connectivity index (χ3v) is 6.30. The second kappa shape index (κ2) is 8.76. The van der Waals surface area contributed by atoms with E-state index < -0.39 is 31.7 Å². The standard InChI is InChI=1S/C17H23N4O6P/c18-15-6-7-21(17(24)19-15)9-13-10-27-28(25,11-26-13)20-14(16(22)23)8-12-4-2-1-3-5-12/h1-7,13-14,20,25,28H,8-11H2,(H,22,23)(H2,18,19,24)/t13-,14-/m0/s1. The topological polar surface area (TPSA) is 149 Å². The maximum absolute atomic E-state index is 11.8. The van der Waals surface area contributed by atoms with E-state index in [4.69, 9.17) is 15.0 Å². The molecule has 0 bridgehead atoms. The van der Waals surface area contributed by atoms with Gasteiger partial charge in [-0.2, -0.15) is 0 Å². The van der Waals surface area contributed by atoms with Crippen LogP contribution in [0, 0.1) is 0 Å². The summed E-state index contributed by atoms with van der Waals surface area (Å²) in [7, 11) is -3.57. The van der Waals surface area contributed by atoms with E-state index in [9.17, 15) is 19.6 Å². The maximum atomic E-state index is 11.8. The third kappa shape index (κ3) is 5.34. The summed E-state index contributed by atoms with van der Waals surface area (Å²) in [5, 5.41) is 12.2. The number of ether oxygens (including phenoxy) is 1. The van der Waals surface area contributed by atoms with Crippen LogP contribution in [0.1, 0.15) is 5.56 Å². The average molecular weight is 410 g/mol. The molecule has 0 radical (unpaired) electrons. The molecule has 1 aromatic carbocycles. The molecule has 152 valence electrons. The van der Waals surface area contributed by atoms with Gasteiger partial charge in [-0.3, -0.25) is 0 Å². The Bertz CT molecular complexity index is 869. The fraction of sp³-hybridized carbons (Fsp3) is 0.353. The first-order valence-electron chi connectivity index (χ1n) is 8.70. The first kappa shape index (κ1) is 20.4. The summed E-state index contributed by atoms with van der Waals surface area (Å²) in [4.78, 5) is 37.7. The molecule has 1 aliphatic heterocycles. The third-order valence-electron chi connectivity index (χ3n) is 4.30. The Hall–Kier alpha value is -2.36. The van der Waals surface area contributed by atoms with Gasteiger partial charge < -0.3 is 0 Å². The molecule has 2 atom stereocenters. The number of nitrogens with two attached hydrogens (primary N) is 1. The van der Waals surface area contributed by atoms with Crippen LogP contribution in [0.25, 0.3) is 0 Å². The molecule has 2 aromatic rings. The predicted octanol–water partition coefficient (Wildman–Crippen LogP) is -0.0289. The number of hydrogen-bond donors (Lipinski definition) is 4. The Morgan fingerprint density at radius 3 is 2.75 bits per heavy atom. The molecule has 1 fully saturated rings. The van der Waals surface area contributed by atoms with Gasteiger partial charge in [0.15, 0.2) is 0 Å². The summed E-state index contributed by atoms with van der Waals surface area (Å²) in [5.41, 5.74) is 5.78. The van der Waals surface area contributed by atoms with Gasteiger partial charge in [0, 0.05) is 0 Å². The minimum absolute atomic E-state index is 0.0181. The number of aromatic nitrogens is 2. The van der Waals surface area contributed by atoms with Crippen molar-refractivity contribution in [1.29, 1.82) is 0 Å². The van der Waals surface area contributed by atoms with Crippen molar-refractivity contribution in [3.8, 4) is 0 Å². The quantitative estimate of drug-likeness (QED) is 0.462. The molecule has 0 aliphatic carbocycles. The second-order valence-electron chi connectivity index (χ2n) is 6.54. The number of nitrogen functional groups attached to an aromatic ring is 1. The van der Waals surface area contributed by atoms with E-state index in [1.807, 2.05) is 30.3 Å². The fourth-order valence-electron chi connectivity index (χ4n) is 2.86. The number of carboxylic acid groups (broad SMARTS) is 1. The molecule has 2 heterocycles. The first-order valence-corrected chi connectivity index (χ1v) is 10.8. The Balaban J connectivity index is 1.58. The second-order valence-corrected chi connectivity index (χ2v) is 8.98. The number of aliphatic carboxylic acids is 1. The SMILES string of the molecule is Nc1ccn(C[C@H]2CO[PH](O)(N[C@@H](Cc3ccccc3)C(=O)O)CO2)c(=O)n1. The van der Waals surface area contributed by atoms with Crippen molar-refractivity contribution >= 4 is 19.7 Å². The molecule has 28 heavy (non-hydrogen) atoms. The van der Waals surface area contributed by atoms with E-state index in [1.54, 1.807) is 0 Å². The summed E-state index contributed by atoms with van der Waals surface area (Å²) in [6, 6.07) is 9.60. The summed E-state index contributed by atoms with van der Waals surface area (Å²) in [6.45, 7) is 0.202. The van der Waals surface area contributed by atoms with E-state index in [0.717, 1.165) is 5.56 Å². The van der Waals surface area contributed by atoms with Gasteiger partial charge in [-0.1, -0.05) is 0 Å². The summed E-state index contributed by atoms with van der Waals surface area (Å²) < 4.78 is 12.5. The zero-order valence-corrected chi connectivity index (χ0v) is 16.0. The summed E-state index contributed by atoms with van der Waals surface area (Å²) in [6.07, 6.45) is 1.07. The van der Waals surface area contributed by atoms with Crippen LogP contribution in [-0.4, -0.2) is 50.6 Å². The van der Waals surface area contributed by atoms with Crippen LogP contribution in [0.2, 0.25) is 0 Å². The predicted molar refractivity (Wildman–Crippen MR) is 104 cm³/mol. The molecule has 1 saturated heterocycles. The van der Waals surface area contributed by atoms with E-state index in [0.29, 0.717) is 0 Å². The van der Waals surface area contributed by atoms with E-state index in [-0.39, 0.29) is 31.7 Å². The number of nitrogens with zero attached hydrogens (tertiary/aromatic N) is 2. The molecule has 10 nitrogen and oxygen atoms in total. The van der Waals surface area contributed by atoms with Crippen LogP contribution in [0.5, 0.6) is 0 Å². The number of anilines is 1. The van der Waals surface area contributed by atoms with Gasteiger partial charge in [0.05, 0.1) is 0 Å². The number of benzene rings is 1. The zero-order valence-electron chi connectivity index (χ0n) is 15.0. The van der Waals surface area contributed by atoms with E-state index >= 15 is 0 Å². The Labute approximate surface area is 161 Å². The van der Waals surface area contributed by atoms with Crippen LogP contribution in [0.4, 0.5) is 5.82 Å². The molecule has 1 aromatic heterocycles. The van der Waals surface area contributed by atoms with Gasteiger partial charge in [-0.25, -0.2) is 0 Å². The van der Waals surface area contributed by atoms with Crippen LogP contribution in [-0.2, 0) is 27.0 Å². The minimum atomic E-state index is -3.57. The number of nitrogens with one attached hydrogen (secondary N) is 1. The van der Waals surface area contributed by atoms with Crippen molar-refractivity contribution in [1.82, 2.24) is 14.6 Å². The van der Waals surface area contributed by atoms with Crippen molar-refractivity contribution in [2.24, 2.45) is 0 Å². The molecular formula is C17H23N4O6P. The Morgan fingerprint density at radius 1 is 1.39 bits per heavy atom. The van der Waals surface area contributed by atoms with E-state index in [2.05, 4.69) is 10.1 Å². The summed E-state index contributed by atoms with van der Waals surface area (Å²) >= 11 is 0. The monoisotopic (exact) mass is 410 g/mol. The molecule has 0 amide bonds. The van der Waals surface area contributed by atoms with Gasteiger partial charge in [0.1, 0.15) is 0 Å². The molecule has 3 rings (SSSR count). The van der Waals surface area contributed by atoms with Crippen LogP contribution in [0.3, 0.4) is 0 Å². The molecule has 0 spiro atoms. The molecular weight excluding hydrogens is 387 g/mol. The van der Waals surface area contributed by atoms with Crippen LogP contribution >= 0.6 is 7.87 Å². The molecule has 5 N–H and O–H groups in total. The number of rotatable bonds is 7. The molecule has 11 heteroatoms. The number of carbonyl (C=O) groups is 1.